The Balaban J connectivity index is 2.09. The van der Waals surface area contributed by atoms with Gasteiger partial charge in [0, 0.05) is 19.8 Å². The monoisotopic (exact) mass is 309 g/mol. The van der Waals surface area contributed by atoms with Gasteiger partial charge in [0.05, 0.1) is 11.8 Å². The predicted molar refractivity (Wildman–Crippen MR) is 76.4 cm³/mol. The third-order valence-corrected chi connectivity index (χ3v) is 3.97. The molecule has 0 aromatic rings. The van der Waals surface area contributed by atoms with E-state index in [0.29, 0.717) is 25.0 Å². The molecule has 9 nitrogen and oxygen atoms in total. The highest BCUT2D eigenvalue weighted by atomic mass is 16.2. The summed E-state index contributed by atoms with van der Waals surface area (Å²) >= 11 is 0. The van der Waals surface area contributed by atoms with Crippen molar-refractivity contribution in [2.24, 2.45) is 22.7 Å². The topological polar surface area (TPSA) is 125 Å². The first-order valence-corrected chi connectivity index (χ1v) is 6.97. The van der Waals surface area contributed by atoms with E-state index in [2.05, 4.69) is 10.5 Å². The largest absolute Gasteiger partial charge is 0.350 e. The Kier molecular flexibility index (Phi) is 4.43. The number of nitrogens with zero attached hydrogens (tertiary/aromatic N) is 3. The van der Waals surface area contributed by atoms with Gasteiger partial charge in [-0.15, -0.1) is 0 Å². The molecule has 0 spiro atoms. The lowest BCUT2D eigenvalue weighted by atomic mass is 9.80. The number of rotatable bonds is 3. The summed E-state index contributed by atoms with van der Waals surface area (Å²) in [6.45, 7) is -0.232. The summed E-state index contributed by atoms with van der Waals surface area (Å²) in [5.74, 6) is -1.87. The smallest absolute Gasteiger partial charge is 0.332 e. The van der Waals surface area contributed by atoms with E-state index in [1.165, 1.54) is 4.90 Å². The van der Waals surface area contributed by atoms with Gasteiger partial charge < -0.3 is 10.6 Å². The number of fused-ring (bicyclic) bond motifs is 1. The maximum absolute atomic E-state index is 12.4. The number of hydrogen-bond donors (Lipinski definition) is 2. The minimum Gasteiger partial charge on any atom is -0.350 e. The zero-order valence-electron chi connectivity index (χ0n) is 12.5. The Morgan fingerprint density at radius 1 is 1.32 bits per heavy atom. The predicted octanol–water partition coefficient (Wildman–Crippen LogP) is -1.12. The van der Waals surface area contributed by atoms with Crippen molar-refractivity contribution >= 4 is 29.5 Å². The summed E-state index contributed by atoms with van der Waals surface area (Å²) in [5.41, 5.74) is 7.70. The highest BCUT2D eigenvalue weighted by Crippen LogP contribution is 2.37. The first kappa shape index (κ1) is 15.9. The van der Waals surface area contributed by atoms with Crippen LogP contribution in [-0.4, -0.2) is 59.9 Å². The number of hydrazone groups is 1. The molecule has 9 heteroatoms. The summed E-state index contributed by atoms with van der Waals surface area (Å²) < 4.78 is 0. The second-order valence-corrected chi connectivity index (χ2v) is 5.66. The Hall–Kier alpha value is -2.45. The summed E-state index contributed by atoms with van der Waals surface area (Å²) in [7, 11) is 3.14. The van der Waals surface area contributed by atoms with Crippen molar-refractivity contribution in [1.29, 1.82) is 0 Å². The number of carbonyl (C=O) groups is 4. The van der Waals surface area contributed by atoms with Crippen molar-refractivity contribution in [3.05, 3.63) is 0 Å². The van der Waals surface area contributed by atoms with E-state index in [4.69, 9.17) is 5.73 Å². The van der Waals surface area contributed by atoms with Gasteiger partial charge in [0.2, 0.25) is 17.7 Å². The molecule has 1 aliphatic heterocycles. The van der Waals surface area contributed by atoms with E-state index in [0.717, 1.165) is 4.90 Å². The molecular weight excluding hydrogens is 290 g/mol. The number of urea groups is 1. The number of likely N-dealkylation sites (tertiary alicyclic amines) is 1. The Bertz CT molecular complexity index is 557. The highest BCUT2D eigenvalue weighted by Gasteiger charge is 2.49. The van der Waals surface area contributed by atoms with Gasteiger partial charge in [0.1, 0.15) is 6.54 Å². The van der Waals surface area contributed by atoms with Crippen LogP contribution in [0.2, 0.25) is 0 Å². The summed E-state index contributed by atoms with van der Waals surface area (Å²) in [6.07, 6.45) is 1.28. The van der Waals surface area contributed by atoms with Crippen molar-refractivity contribution in [1.82, 2.24) is 15.2 Å². The second-order valence-electron chi connectivity index (χ2n) is 5.66. The number of nitrogens with two attached hydrogens (primary N) is 1. The fourth-order valence-electron chi connectivity index (χ4n) is 2.75. The van der Waals surface area contributed by atoms with E-state index >= 15 is 0 Å². The molecule has 2 aliphatic rings. The molecule has 1 aliphatic carbocycles. The number of nitrogens with one attached hydrogen (secondary N) is 1. The first-order valence-electron chi connectivity index (χ1n) is 6.97. The number of imide groups is 1. The van der Waals surface area contributed by atoms with Crippen molar-refractivity contribution in [2.45, 2.75) is 19.3 Å². The minimum absolute atomic E-state index is 0.232. The zero-order valence-corrected chi connectivity index (χ0v) is 12.5. The van der Waals surface area contributed by atoms with Gasteiger partial charge in [-0.05, 0) is 19.3 Å². The van der Waals surface area contributed by atoms with Crippen LogP contribution in [0.5, 0.6) is 0 Å². The fraction of sp³-hybridized carbons (Fsp3) is 0.615. The van der Waals surface area contributed by atoms with Crippen molar-refractivity contribution < 1.29 is 19.2 Å². The van der Waals surface area contributed by atoms with E-state index in [1.54, 1.807) is 14.1 Å². The Morgan fingerprint density at radius 3 is 2.55 bits per heavy atom. The van der Waals surface area contributed by atoms with Gasteiger partial charge in [-0.1, -0.05) is 0 Å². The molecule has 1 heterocycles. The number of primary amides is 1. The quantitative estimate of drug-likeness (QED) is 0.506. The van der Waals surface area contributed by atoms with Crippen LogP contribution in [0.25, 0.3) is 0 Å². The average molecular weight is 309 g/mol. The van der Waals surface area contributed by atoms with Crippen LogP contribution in [0.1, 0.15) is 19.3 Å². The molecule has 2 fully saturated rings. The molecule has 3 N–H and O–H groups in total. The highest BCUT2D eigenvalue weighted by molar-refractivity contribution is 6.09. The number of hydrogen-bond acceptors (Lipinski definition) is 5. The molecule has 120 valence electrons. The van der Waals surface area contributed by atoms with Crippen molar-refractivity contribution in [2.75, 3.05) is 20.6 Å². The van der Waals surface area contributed by atoms with E-state index in [-0.39, 0.29) is 24.3 Å². The van der Waals surface area contributed by atoms with Gasteiger partial charge in [0.15, 0.2) is 0 Å². The Morgan fingerprint density at radius 2 is 1.95 bits per heavy atom. The third-order valence-electron chi connectivity index (χ3n) is 3.97. The molecule has 0 unspecified atom stereocenters. The summed E-state index contributed by atoms with van der Waals surface area (Å²) in [6, 6.07) is -0.776. The molecule has 0 bridgehead atoms. The molecule has 5 amide bonds. The van der Waals surface area contributed by atoms with Gasteiger partial charge in [-0.3, -0.25) is 19.3 Å². The molecule has 0 aromatic heterocycles. The lowest BCUT2D eigenvalue weighted by Crippen LogP contribution is -2.40. The lowest BCUT2D eigenvalue weighted by molar-refractivity contribution is -0.145. The SMILES string of the molecule is CN(C)C(=O)CN1C(=O)[C@H]2CC/C(=N/NC(N)=O)C[C@H]2C1=O. The first-order chi connectivity index (χ1) is 10.3. The third kappa shape index (κ3) is 3.07. The maximum atomic E-state index is 12.4. The fourth-order valence-corrected chi connectivity index (χ4v) is 2.75. The van der Waals surface area contributed by atoms with Crippen LogP contribution in [0.15, 0.2) is 5.10 Å². The summed E-state index contributed by atoms with van der Waals surface area (Å²) in [5, 5.41) is 3.85. The standard InChI is InChI=1S/C13H19N5O4/c1-17(2)10(19)6-18-11(20)8-4-3-7(15-16-13(14)22)5-9(8)12(18)21/h8-9H,3-6H2,1-2H3,(H3,14,16,22)/b15-7-/t8-,9+/m0/s1. The van der Waals surface area contributed by atoms with E-state index < -0.39 is 17.9 Å². The van der Waals surface area contributed by atoms with Crippen LogP contribution in [-0.2, 0) is 14.4 Å². The summed E-state index contributed by atoms with van der Waals surface area (Å²) in [4.78, 5) is 49.4. The molecular formula is C13H19N5O4. The van der Waals surface area contributed by atoms with Crippen LogP contribution in [0.3, 0.4) is 0 Å². The number of carbonyl (C=O) groups excluding carboxylic acids is 4. The molecule has 2 rings (SSSR count). The minimum atomic E-state index is -0.776. The van der Waals surface area contributed by atoms with Gasteiger partial charge >= 0.3 is 6.03 Å². The normalized spacial score (nSPS) is 26.1. The van der Waals surface area contributed by atoms with Crippen LogP contribution < -0.4 is 11.2 Å². The zero-order chi connectivity index (χ0) is 16.4. The van der Waals surface area contributed by atoms with E-state index in [9.17, 15) is 19.2 Å². The van der Waals surface area contributed by atoms with Gasteiger partial charge in [0.25, 0.3) is 0 Å². The molecule has 2 atom stereocenters. The maximum Gasteiger partial charge on any atom is 0.332 e. The Labute approximate surface area is 127 Å². The lowest BCUT2D eigenvalue weighted by Gasteiger charge is -2.21. The number of amides is 5. The van der Waals surface area contributed by atoms with Crippen molar-refractivity contribution in [3.63, 3.8) is 0 Å². The molecule has 0 aromatic carbocycles. The molecule has 1 saturated heterocycles. The van der Waals surface area contributed by atoms with Crippen LogP contribution >= 0.6 is 0 Å². The van der Waals surface area contributed by atoms with E-state index in [1.807, 2.05) is 0 Å². The van der Waals surface area contributed by atoms with Crippen LogP contribution in [0.4, 0.5) is 4.79 Å². The molecule has 1 saturated carbocycles. The molecule has 22 heavy (non-hydrogen) atoms. The van der Waals surface area contributed by atoms with Gasteiger partial charge in [-0.25, -0.2) is 10.2 Å². The molecule has 0 radical (unpaired) electrons. The van der Waals surface area contributed by atoms with Crippen molar-refractivity contribution in [3.8, 4) is 0 Å². The second kappa shape index (κ2) is 6.12. The van der Waals surface area contributed by atoms with Gasteiger partial charge in [-0.2, -0.15) is 5.10 Å². The van der Waals surface area contributed by atoms with Crippen LogP contribution in [0, 0.1) is 11.8 Å². The average Bonchev–Trinajstić information content (AvgIpc) is 2.69. The number of likely N-dealkylation sites (N-methyl/N-ethyl adjacent to an activating group) is 1.